The van der Waals surface area contributed by atoms with Gasteiger partial charge in [0.2, 0.25) is 5.91 Å². The molecule has 0 aromatic heterocycles. The molecular weight excluding hydrogens is 243 g/mol. The fraction of sp³-hybridized carbons (Fsp3) is 0.462. The lowest BCUT2D eigenvalue weighted by Crippen LogP contribution is -2.19. The minimum absolute atomic E-state index is 0.127. The number of benzene rings is 1. The van der Waals surface area contributed by atoms with Crippen LogP contribution in [0.5, 0.6) is 0 Å². The van der Waals surface area contributed by atoms with Gasteiger partial charge in [-0.1, -0.05) is 32.0 Å². The Labute approximate surface area is 104 Å². The van der Waals surface area contributed by atoms with Crippen LogP contribution in [0.2, 0.25) is 0 Å². The van der Waals surface area contributed by atoms with Crippen LogP contribution in [0.15, 0.2) is 24.3 Å². The number of anilines is 1. The van der Waals surface area contributed by atoms with Gasteiger partial charge in [-0.25, -0.2) is 0 Å². The Balaban J connectivity index is 2.77. The quantitative estimate of drug-likeness (QED) is 0.876. The van der Waals surface area contributed by atoms with Crippen molar-refractivity contribution in [2.75, 3.05) is 5.32 Å². The zero-order chi connectivity index (χ0) is 13.8. The first-order valence-corrected chi connectivity index (χ1v) is 5.75. The van der Waals surface area contributed by atoms with Gasteiger partial charge in [-0.15, -0.1) is 0 Å². The van der Waals surface area contributed by atoms with E-state index in [9.17, 15) is 18.0 Å². The van der Waals surface area contributed by atoms with Crippen LogP contribution < -0.4 is 5.32 Å². The Morgan fingerprint density at radius 2 is 1.89 bits per heavy atom. The Morgan fingerprint density at radius 3 is 2.44 bits per heavy atom. The summed E-state index contributed by atoms with van der Waals surface area (Å²) in [4.78, 5) is 11.5. The number of carbonyl (C=O) groups excluding carboxylic acids is 1. The Hall–Kier alpha value is -1.52. The van der Waals surface area contributed by atoms with Gasteiger partial charge in [0.1, 0.15) is 0 Å². The fourth-order valence-corrected chi connectivity index (χ4v) is 1.41. The topological polar surface area (TPSA) is 29.1 Å². The molecular formula is C13H16F3NO. The second-order valence-corrected chi connectivity index (χ2v) is 4.42. The van der Waals surface area contributed by atoms with E-state index in [-0.39, 0.29) is 18.2 Å². The van der Waals surface area contributed by atoms with Gasteiger partial charge in [0.05, 0.1) is 0 Å². The SMILES string of the molecule is CC(C)C(=O)Nc1ccccc1CCC(F)(F)F. The predicted octanol–water partition coefficient (Wildman–Crippen LogP) is 3.78. The highest BCUT2D eigenvalue weighted by molar-refractivity contribution is 5.92. The van der Waals surface area contributed by atoms with Gasteiger partial charge in [-0.3, -0.25) is 4.79 Å². The monoisotopic (exact) mass is 259 g/mol. The molecule has 18 heavy (non-hydrogen) atoms. The van der Waals surface area contributed by atoms with Gasteiger partial charge < -0.3 is 5.32 Å². The normalized spacial score (nSPS) is 11.7. The predicted molar refractivity (Wildman–Crippen MR) is 64.3 cm³/mol. The van der Waals surface area contributed by atoms with E-state index in [1.807, 2.05) is 0 Å². The number of hydrogen-bond donors (Lipinski definition) is 1. The molecule has 1 N–H and O–H groups in total. The van der Waals surface area contributed by atoms with Crippen molar-refractivity contribution in [3.05, 3.63) is 29.8 Å². The van der Waals surface area contributed by atoms with Crippen molar-refractivity contribution >= 4 is 11.6 Å². The molecule has 1 aromatic rings. The first kappa shape index (κ1) is 14.5. The molecule has 0 aliphatic carbocycles. The molecule has 0 saturated carbocycles. The Morgan fingerprint density at radius 1 is 1.28 bits per heavy atom. The number of aryl methyl sites for hydroxylation is 1. The van der Waals surface area contributed by atoms with Crippen LogP contribution in [0.3, 0.4) is 0 Å². The first-order valence-electron chi connectivity index (χ1n) is 5.75. The van der Waals surface area contributed by atoms with E-state index in [0.29, 0.717) is 11.3 Å². The van der Waals surface area contributed by atoms with E-state index in [2.05, 4.69) is 5.32 Å². The van der Waals surface area contributed by atoms with Gasteiger partial charge in [0.25, 0.3) is 0 Å². The number of rotatable bonds is 4. The molecule has 0 saturated heterocycles. The maximum absolute atomic E-state index is 12.2. The van der Waals surface area contributed by atoms with Crippen molar-refractivity contribution < 1.29 is 18.0 Å². The number of para-hydroxylation sites is 1. The number of halogens is 3. The van der Waals surface area contributed by atoms with Crippen LogP contribution >= 0.6 is 0 Å². The number of amides is 1. The third-order valence-corrected chi connectivity index (χ3v) is 2.48. The fourth-order valence-electron chi connectivity index (χ4n) is 1.41. The maximum atomic E-state index is 12.2. The third-order valence-electron chi connectivity index (χ3n) is 2.48. The second-order valence-electron chi connectivity index (χ2n) is 4.42. The summed E-state index contributed by atoms with van der Waals surface area (Å²) in [6, 6.07) is 6.57. The largest absolute Gasteiger partial charge is 0.389 e. The average Bonchev–Trinajstić information content (AvgIpc) is 2.26. The van der Waals surface area contributed by atoms with Crippen LogP contribution in [0.4, 0.5) is 18.9 Å². The van der Waals surface area contributed by atoms with E-state index in [1.54, 1.807) is 38.1 Å². The summed E-state index contributed by atoms with van der Waals surface area (Å²) in [5.74, 6) is -0.407. The summed E-state index contributed by atoms with van der Waals surface area (Å²) in [5.41, 5.74) is 0.962. The van der Waals surface area contributed by atoms with Crippen molar-refractivity contribution in [3.8, 4) is 0 Å². The number of nitrogens with one attached hydrogen (secondary N) is 1. The third kappa shape index (κ3) is 4.77. The molecule has 1 rings (SSSR count). The summed E-state index contributed by atoms with van der Waals surface area (Å²) in [5, 5.41) is 2.64. The molecule has 5 heteroatoms. The highest BCUT2D eigenvalue weighted by atomic mass is 19.4. The molecule has 1 aromatic carbocycles. The molecule has 0 atom stereocenters. The molecule has 0 aliphatic heterocycles. The highest BCUT2D eigenvalue weighted by Gasteiger charge is 2.27. The van der Waals surface area contributed by atoms with Crippen molar-refractivity contribution in [1.29, 1.82) is 0 Å². The van der Waals surface area contributed by atoms with Gasteiger partial charge in [-0.2, -0.15) is 13.2 Å². The van der Waals surface area contributed by atoms with Gasteiger partial charge in [-0.05, 0) is 18.1 Å². The van der Waals surface area contributed by atoms with E-state index in [4.69, 9.17) is 0 Å². The van der Waals surface area contributed by atoms with Gasteiger partial charge in [0, 0.05) is 18.0 Å². The molecule has 100 valence electrons. The van der Waals surface area contributed by atoms with Gasteiger partial charge in [0.15, 0.2) is 0 Å². The summed E-state index contributed by atoms with van der Waals surface area (Å²) in [6.07, 6.45) is -5.20. The summed E-state index contributed by atoms with van der Waals surface area (Å²) in [7, 11) is 0. The van der Waals surface area contributed by atoms with E-state index in [1.165, 1.54) is 0 Å². The second kappa shape index (κ2) is 5.89. The molecule has 1 amide bonds. The van der Waals surface area contributed by atoms with Crippen molar-refractivity contribution in [2.24, 2.45) is 5.92 Å². The minimum atomic E-state index is -4.19. The molecule has 0 fully saturated rings. The molecule has 2 nitrogen and oxygen atoms in total. The zero-order valence-corrected chi connectivity index (χ0v) is 10.3. The molecule has 0 bridgehead atoms. The van der Waals surface area contributed by atoms with E-state index in [0.717, 1.165) is 0 Å². The van der Waals surface area contributed by atoms with Crippen LogP contribution in [-0.4, -0.2) is 12.1 Å². The zero-order valence-electron chi connectivity index (χ0n) is 10.3. The van der Waals surface area contributed by atoms with Crippen LogP contribution in [0.25, 0.3) is 0 Å². The van der Waals surface area contributed by atoms with Crippen molar-refractivity contribution in [1.82, 2.24) is 0 Å². The van der Waals surface area contributed by atoms with Crippen LogP contribution in [0, 0.1) is 5.92 Å². The molecule has 0 radical (unpaired) electrons. The summed E-state index contributed by atoms with van der Waals surface area (Å²) < 4.78 is 36.5. The summed E-state index contributed by atoms with van der Waals surface area (Å²) >= 11 is 0. The van der Waals surface area contributed by atoms with Crippen molar-refractivity contribution in [2.45, 2.75) is 32.9 Å². The van der Waals surface area contributed by atoms with E-state index >= 15 is 0 Å². The molecule has 0 spiro atoms. The Kier molecular flexibility index (Phi) is 4.76. The lowest BCUT2D eigenvalue weighted by Gasteiger charge is -2.13. The molecule has 0 unspecified atom stereocenters. The highest BCUT2D eigenvalue weighted by Crippen LogP contribution is 2.25. The standard InChI is InChI=1S/C13H16F3NO/c1-9(2)12(18)17-11-6-4-3-5-10(11)7-8-13(14,15)16/h3-6,9H,7-8H2,1-2H3,(H,17,18). The lowest BCUT2D eigenvalue weighted by molar-refractivity contribution is -0.133. The Bertz CT molecular complexity index is 413. The van der Waals surface area contributed by atoms with E-state index < -0.39 is 12.6 Å². The average molecular weight is 259 g/mol. The molecule has 0 heterocycles. The number of hydrogen-bond acceptors (Lipinski definition) is 1. The van der Waals surface area contributed by atoms with Crippen LogP contribution in [0.1, 0.15) is 25.8 Å². The maximum Gasteiger partial charge on any atom is 0.389 e. The molecule has 0 aliphatic rings. The minimum Gasteiger partial charge on any atom is -0.326 e. The smallest absolute Gasteiger partial charge is 0.326 e. The number of alkyl halides is 3. The van der Waals surface area contributed by atoms with Crippen LogP contribution in [-0.2, 0) is 11.2 Å². The first-order chi connectivity index (χ1) is 8.29. The number of carbonyl (C=O) groups is 1. The van der Waals surface area contributed by atoms with Crippen molar-refractivity contribution in [3.63, 3.8) is 0 Å². The summed E-state index contributed by atoms with van der Waals surface area (Å²) in [6.45, 7) is 3.46. The van der Waals surface area contributed by atoms with Gasteiger partial charge >= 0.3 is 6.18 Å². The lowest BCUT2D eigenvalue weighted by atomic mass is 10.1.